The summed E-state index contributed by atoms with van der Waals surface area (Å²) in [5.41, 5.74) is 2.39. The molecule has 0 aliphatic heterocycles. The van der Waals surface area contributed by atoms with E-state index >= 15 is 0 Å². The van der Waals surface area contributed by atoms with Crippen molar-refractivity contribution in [1.82, 2.24) is 5.32 Å². The van der Waals surface area contributed by atoms with Crippen LogP contribution in [0.5, 0.6) is 0 Å². The van der Waals surface area contributed by atoms with Crippen molar-refractivity contribution in [2.45, 2.75) is 27.2 Å². The lowest BCUT2D eigenvalue weighted by molar-refractivity contribution is -0.146. The number of aliphatic carboxylic acids is 1. The molecule has 0 spiro atoms. The molecule has 2 unspecified atom stereocenters. The first-order valence-electron chi connectivity index (χ1n) is 6.48. The van der Waals surface area contributed by atoms with Crippen LogP contribution in [0.2, 0.25) is 0 Å². The highest BCUT2D eigenvalue weighted by atomic mass is 16.4. The van der Waals surface area contributed by atoms with Crippen LogP contribution < -0.4 is 5.32 Å². The van der Waals surface area contributed by atoms with Crippen molar-refractivity contribution in [2.75, 3.05) is 6.54 Å². The first-order valence-corrected chi connectivity index (χ1v) is 6.48. The molecule has 0 radical (unpaired) electrons. The fraction of sp³-hybridized carbons (Fsp3) is 0.467. The van der Waals surface area contributed by atoms with Crippen LogP contribution in [0.15, 0.2) is 24.3 Å². The molecule has 1 aromatic rings. The van der Waals surface area contributed by atoms with Crippen LogP contribution in [0.4, 0.5) is 0 Å². The summed E-state index contributed by atoms with van der Waals surface area (Å²) in [5.74, 6) is -2.34. The molecule has 0 heterocycles. The minimum absolute atomic E-state index is 0.205. The van der Waals surface area contributed by atoms with E-state index in [2.05, 4.69) is 5.32 Å². The minimum atomic E-state index is -0.943. The number of hydrogen-bond donors (Lipinski definition) is 2. The molecule has 1 rings (SSSR count). The number of amides is 1. The van der Waals surface area contributed by atoms with Crippen molar-refractivity contribution in [3.05, 3.63) is 35.4 Å². The molecule has 0 aliphatic rings. The van der Waals surface area contributed by atoms with E-state index < -0.39 is 17.8 Å². The third-order valence-electron chi connectivity index (χ3n) is 3.51. The predicted octanol–water partition coefficient (Wildman–Crippen LogP) is 2.01. The van der Waals surface area contributed by atoms with E-state index in [4.69, 9.17) is 5.11 Å². The summed E-state index contributed by atoms with van der Waals surface area (Å²) in [4.78, 5) is 22.6. The highest BCUT2D eigenvalue weighted by Crippen LogP contribution is 2.11. The van der Waals surface area contributed by atoms with Crippen LogP contribution in [0.1, 0.15) is 25.0 Å². The largest absolute Gasteiger partial charge is 0.481 e. The molecule has 2 atom stereocenters. The second-order valence-electron chi connectivity index (χ2n) is 4.88. The van der Waals surface area contributed by atoms with Crippen molar-refractivity contribution < 1.29 is 14.7 Å². The van der Waals surface area contributed by atoms with E-state index in [-0.39, 0.29) is 5.91 Å². The van der Waals surface area contributed by atoms with Crippen molar-refractivity contribution in [3.8, 4) is 0 Å². The Balaban J connectivity index is 2.43. The lowest BCUT2D eigenvalue weighted by Gasteiger charge is -2.16. The Morgan fingerprint density at radius 1 is 1.21 bits per heavy atom. The fourth-order valence-electron chi connectivity index (χ4n) is 1.81. The van der Waals surface area contributed by atoms with Crippen LogP contribution in [-0.4, -0.2) is 23.5 Å². The number of benzene rings is 1. The summed E-state index contributed by atoms with van der Waals surface area (Å²) in [6.07, 6.45) is 0.757. The van der Waals surface area contributed by atoms with E-state index in [0.29, 0.717) is 6.54 Å². The van der Waals surface area contributed by atoms with E-state index in [0.717, 1.165) is 6.42 Å². The number of carboxylic acids is 1. The van der Waals surface area contributed by atoms with Gasteiger partial charge in [-0.15, -0.1) is 0 Å². The Hall–Kier alpha value is -1.84. The normalized spacial score (nSPS) is 13.6. The molecular formula is C15H21NO3. The number of hydrogen-bond acceptors (Lipinski definition) is 2. The van der Waals surface area contributed by atoms with Crippen LogP contribution in [0.25, 0.3) is 0 Å². The SMILES string of the molecule is Cc1ccccc1CCNC(=O)C(C)C(C)C(=O)O. The van der Waals surface area contributed by atoms with Crippen LogP contribution in [-0.2, 0) is 16.0 Å². The van der Waals surface area contributed by atoms with Crippen molar-refractivity contribution in [3.63, 3.8) is 0 Å². The van der Waals surface area contributed by atoms with Gasteiger partial charge in [-0.2, -0.15) is 0 Å². The number of aryl methyl sites for hydroxylation is 1. The van der Waals surface area contributed by atoms with E-state index in [1.807, 2.05) is 31.2 Å². The fourth-order valence-corrected chi connectivity index (χ4v) is 1.81. The number of carbonyl (C=O) groups is 2. The molecule has 104 valence electrons. The molecule has 0 saturated carbocycles. The van der Waals surface area contributed by atoms with Gasteiger partial charge in [0.05, 0.1) is 5.92 Å². The zero-order valence-corrected chi connectivity index (χ0v) is 11.6. The Morgan fingerprint density at radius 2 is 1.84 bits per heavy atom. The van der Waals surface area contributed by atoms with Gasteiger partial charge in [-0.3, -0.25) is 9.59 Å². The van der Waals surface area contributed by atoms with Gasteiger partial charge in [0.15, 0.2) is 0 Å². The molecule has 0 aliphatic carbocycles. The highest BCUT2D eigenvalue weighted by molar-refractivity contribution is 5.84. The highest BCUT2D eigenvalue weighted by Gasteiger charge is 2.25. The molecule has 1 aromatic carbocycles. The first-order chi connectivity index (χ1) is 8.93. The van der Waals surface area contributed by atoms with Gasteiger partial charge >= 0.3 is 5.97 Å². The zero-order chi connectivity index (χ0) is 14.4. The van der Waals surface area contributed by atoms with Gasteiger partial charge in [0.1, 0.15) is 0 Å². The monoisotopic (exact) mass is 263 g/mol. The van der Waals surface area contributed by atoms with Gasteiger partial charge < -0.3 is 10.4 Å². The number of carbonyl (C=O) groups excluding carboxylic acids is 1. The summed E-state index contributed by atoms with van der Waals surface area (Å²) in [7, 11) is 0. The van der Waals surface area contributed by atoms with E-state index in [1.54, 1.807) is 13.8 Å². The summed E-state index contributed by atoms with van der Waals surface area (Å²) in [5, 5.41) is 11.7. The van der Waals surface area contributed by atoms with Gasteiger partial charge in [-0.1, -0.05) is 38.1 Å². The second kappa shape index (κ2) is 6.92. The van der Waals surface area contributed by atoms with Crippen LogP contribution in [0, 0.1) is 18.8 Å². The van der Waals surface area contributed by atoms with Gasteiger partial charge in [-0.05, 0) is 24.5 Å². The maximum Gasteiger partial charge on any atom is 0.307 e. The molecule has 0 saturated heterocycles. The summed E-state index contributed by atoms with van der Waals surface area (Å²) < 4.78 is 0. The number of nitrogens with one attached hydrogen (secondary N) is 1. The van der Waals surface area contributed by atoms with Gasteiger partial charge in [0.2, 0.25) is 5.91 Å². The zero-order valence-electron chi connectivity index (χ0n) is 11.6. The Bertz CT molecular complexity index is 456. The van der Waals surface area contributed by atoms with E-state index in [1.165, 1.54) is 11.1 Å². The minimum Gasteiger partial charge on any atom is -0.481 e. The summed E-state index contributed by atoms with van der Waals surface area (Å²) in [6.45, 7) is 5.75. The standard InChI is InChI=1S/C15H21NO3/c1-10-6-4-5-7-13(10)8-9-16-14(17)11(2)12(3)15(18)19/h4-7,11-12H,8-9H2,1-3H3,(H,16,17)(H,18,19). The lowest BCUT2D eigenvalue weighted by Crippen LogP contribution is -2.36. The number of carboxylic acid groups (broad SMARTS) is 1. The Labute approximate surface area is 113 Å². The molecule has 19 heavy (non-hydrogen) atoms. The Morgan fingerprint density at radius 3 is 2.42 bits per heavy atom. The molecular weight excluding hydrogens is 242 g/mol. The molecule has 0 bridgehead atoms. The number of rotatable bonds is 6. The first kappa shape index (κ1) is 15.2. The maximum atomic E-state index is 11.8. The average molecular weight is 263 g/mol. The maximum absolute atomic E-state index is 11.8. The second-order valence-corrected chi connectivity index (χ2v) is 4.88. The topological polar surface area (TPSA) is 66.4 Å². The lowest BCUT2D eigenvalue weighted by atomic mass is 9.95. The predicted molar refractivity (Wildman–Crippen MR) is 73.9 cm³/mol. The van der Waals surface area contributed by atoms with Gasteiger partial charge in [0, 0.05) is 12.5 Å². The molecule has 4 heteroatoms. The quantitative estimate of drug-likeness (QED) is 0.825. The average Bonchev–Trinajstić information content (AvgIpc) is 2.38. The summed E-state index contributed by atoms with van der Waals surface area (Å²) >= 11 is 0. The molecule has 0 aromatic heterocycles. The van der Waals surface area contributed by atoms with Crippen molar-refractivity contribution in [2.24, 2.45) is 11.8 Å². The molecule has 2 N–H and O–H groups in total. The van der Waals surface area contributed by atoms with E-state index in [9.17, 15) is 9.59 Å². The molecule has 4 nitrogen and oxygen atoms in total. The van der Waals surface area contributed by atoms with Gasteiger partial charge in [-0.25, -0.2) is 0 Å². The summed E-state index contributed by atoms with van der Waals surface area (Å²) in [6, 6.07) is 8.02. The van der Waals surface area contributed by atoms with Crippen molar-refractivity contribution in [1.29, 1.82) is 0 Å². The smallest absolute Gasteiger partial charge is 0.307 e. The van der Waals surface area contributed by atoms with Crippen LogP contribution >= 0.6 is 0 Å². The third kappa shape index (κ3) is 4.39. The van der Waals surface area contributed by atoms with Crippen LogP contribution in [0.3, 0.4) is 0 Å². The molecule has 0 fully saturated rings. The Kier molecular flexibility index (Phi) is 5.55. The van der Waals surface area contributed by atoms with Crippen molar-refractivity contribution >= 4 is 11.9 Å². The van der Waals surface area contributed by atoms with Gasteiger partial charge in [0.25, 0.3) is 0 Å². The third-order valence-corrected chi connectivity index (χ3v) is 3.51. The molecule has 1 amide bonds.